The third-order valence-electron chi connectivity index (χ3n) is 1.32. The predicted molar refractivity (Wildman–Crippen MR) is 36.3 cm³/mol. The highest BCUT2D eigenvalue weighted by molar-refractivity contribution is 5.75. The summed E-state index contributed by atoms with van der Waals surface area (Å²) in [7, 11) is 1.22. The van der Waals surface area contributed by atoms with Crippen molar-refractivity contribution in [2.75, 3.05) is 7.11 Å². The summed E-state index contributed by atoms with van der Waals surface area (Å²) in [5.41, 5.74) is 5.34. The van der Waals surface area contributed by atoms with Crippen LogP contribution < -0.4 is 5.73 Å². The van der Waals surface area contributed by atoms with Gasteiger partial charge in [-0.2, -0.15) is 0 Å². The van der Waals surface area contributed by atoms with Crippen LogP contribution in [-0.4, -0.2) is 30.3 Å². The highest BCUT2D eigenvalue weighted by Crippen LogP contribution is 1.96. The van der Waals surface area contributed by atoms with Gasteiger partial charge in [-0.25, -0.2) is 4.79 Å². The molecule has 0 heterocycles. The van der Waals surface area contributed by atoms with Crippen LogP contribution >= 0.6 is 0 Å². The Morgan fingerprint density at radius 1 is 1.80 bits per heavy atom. The zero-order valence-corrected chi connectivity index (χ0v) is 6.20. The first-order chi connectivity index (χ1) is 4.63. The van der Waals surface area contributed by atoms with Gasteiger partial charge in [-0.3, -0.25) is 0 Å². The van der Waals surface area contributed by atoms with E-state index in [1.54, 1.807) is 6.92 Å². The van der Waals surface area contributed by atoms with Crippen LogP contribution in [0.5, 0.6) is 0 Å². The van der Waals surface area contributed by atoms with Gasteiger partial charge in [-0.05, 0) is 6.42 Å². The fourth-order valence-corrected chi connectivity index (χ4v) is 0.519. The highest BCUT2D eigenvalue weighted by Gasteiger charge is 2.21. The summed E-state index contributed by atoms with van der Waals surface area (Å²) < 4.78 is 4.27. The van der Waals surface area contributed by atoms with E-state index >= 15 is 0 Å². The molecule has 0 radical (unpaired) electrons. The number of aliphatic hydroxyl groups excluding tert-OH is 1. The average molecular weight is 147 g/mol. The van der Waals surface area contributed by atoms with E-state index in [9.17, 15) is 4.79 Å². The largest absolute Gasteiger partial charge is 0.467 e. The molecule has 2 atom stereocenters. The molecule has 4 nitrogen and oxygen atoms in total. The molecule has 0 aliphatic heterocycles. The monoisotopic (exact) mass is 147 g/mol. The van der Waals surface area contributed by atoms with Crippen LogP contribution in [0.3, 0.4) is 0 Å². The van der Waals surface area contributed by atoms with Crippen molar-refractivity contribution >= 4 is 5.97 Å². The van der Waals surface area contributed by atoms with Gasteiger partial charge in [0.1, 0.15) is 0 Å². The molecule has 0 bridgehead atoms. The third-order valence-corrected chi connectivity index (χ3v) is 1.32. The van der Waals surface area contributed by atoms with Gasteiger partial charge in [-0.15, -0.1) is 0 Å². The van der Waals surface area contributed by atoms with Crippen molar-refractivity contribution in [1.29, 1.82) is 0 Å². The fraction of sp³-hybridized carbons (Fsp3) is 0.833. The van der Waals surface area contributed by atoms with E-state index in [0.717, 1.165) is 0 Å². The van der Waals surface area contributed by atoms with Crippen molar-refractivity contribution in [3.8, 4) is 0 Å². The van der Waals surface area contributed by atoms with Crippen molar-refractivity contribution in [3.63, 3.8) is 0 Å². The van der Waals surface area contributed by atoms with E-state index in [1.165, 1.54) is 7.11 Å². The van der Waals surface area contributed by atoms with E-state index in [0.29, 0.717) is 6.42 Å². The lowest BCUT2D eigenvalue weighted by atomic mass is 10.1. The summed E-state index contributed by atoms with van der Waals surface area (Å²) in [5, 5.41) is 8.99. The maximum Gasteiger partial charge on any atom is 0.336 e. The number of aliphatic hydroxyl groups is 1. The minimum atomic E-state index is -1.19. The molecule has 2 unspecified atom stereocenters. The van der Waals surface area contributed by atoms with Gasteiger partial charge in [0, 0.05) is 6.04 Å². The van der Waals surface area contributed by atoms with E-state index in [-0.39, 0.29) is 0 Å². The fourth-order valence-electron chi connectivity index (χ4n) is 0.519. The van der Waals surface area contributed by atoms with E-state index in [4.69, 9.17) is 10.8 Å². The highest BCUT2D eigenvalue weighted by atomic mass is 16.5. The van der Waals surface area contributed by atoms with Crippen LogP contribution in [-0.2, 0) is 9.53 Å². The van der Waals surface area contributed by atoms with Gasteiger partial charge < -0.3 is 15.6 Å². The molecule has 0 saturated carbocycles. The average Bonchev–Trinajstić information content (AvgIpc) is 2.00. The number of ether oxygens (including phenoxy) is 1. The van der Waals surface area contributed by atoms with E-state index in [2.05, 4.69) is 4.74 Å². The molecule has 0 aliphatic carbocycles. The lowest BCUT2D eigenvalue weighted by molar-refractivity contribution is -0.151. The zero-order chi connectivity index (χ0) is 8.15. The van der Waals surface area contributed by atoms with E-state index in [1.807, 2.05) is 0 Å². The van der Waals surface area contributed by atoms with Crippen LogP contribution in [0.25, 0.3) is 0 Å². The number of nitrogens with two attached hydrogens (primary N) is 1. The Kier molecular flexibility index (Phi) is 3.99. The molecular weight excluding hydrogens is 134 g/mol. The van der Waals surface area contributed by atoms with Crippen LogP contribution in [0.2, 0.25) is 0 Å². The molecule has 4 heteroatoms. The van der Waals surface area contributed by atoms with Crippen LogP contribution in [0.1, 0.15) is 13.3 Å². The van der Waals surface area contributed by atoms with Gasteiger partial charge >= 0.3 is 5.97 Å². The molecule has 0 saturated heterocycles. The lowest BCUT2D eigenvalue weighted by Crippen LogP contribution is -2.40. The molecule has 10 heavy (non-hydrogen) atoms. The molecule has 0 fully saturated rings. The Labute approximate surface area is 60.0 Å². The molecule has 3 N–H and O–H groups in total. The topological polar surface area (TPSA) is 72.5 Å². The third kappa shape index (κ3) is 2.33. The smallest absolute Gasteiger partial charge is 0.336 e. The Hall–Kier alpha value is -0.610. The molecule has 0 amide bonds. The van der Waals surface area contributed by atoms with E-state index < -0.39 is 18.1 Å². The zero-order valence-electron chi connectivity index (χ0n) is 6.20. The number of carbonyl (C=O) groups is 1. The summed E-state index contributed by atoms with van der Waals surface area (Å²) in [4.78, 5) is 10.6. The maximum absolute atomic E-state index is 10.6. The van der Waals surface area contributed by atoms with Crippen molar-refractivity contribution in [2.24, 2.45) is 5.73 Å². The summed E-state index contributed by atoms with van der Waals surface area (Å²) in [6.45, 7) is 1.79. The molecular formula is C6H13NO3. The van der Waals surface area contributed by atoms with Crippen molar-refractivity contribution in [3.05, 3.63) is 0 Å². The second-order valence-corrected chi connectivity index (χ2v) is 2.04. The molecule has 0 aromatic heterocycles. The standard InChI is InChI=1S/C6H13NO3/c1-3-4(7)5(8)6(9)10-2/h4-5,8H,3,7H2,1-2H3. The minimum absolute atomic E-state index is 0.521. The van der Waals surface area contributed by atoms with Crippen LogP contribution in [0.15, 0.2) is 0 Å². The number of esters is 1. The van der Waals surface area contributed by atoms with Crippen molar-refractivity contribution in [1.82, 2.24) is 0 Å². The van der Waals surface area contributed by atoms with Crippen LogP contribution in [0, 0.1) is 0 Å². The number of carbonyl (C=O) groups excluding carboxylic acids is 1. The first-order valence-corrected chi connectivity index (χ1v) is 3.15. The second kappa shape index (κ2) is 4.24. The Morgan fingerprint density at radius 2 is 2.30 bits per heavy atom. The molecule has 60 valence electrons. The summed E-state index contributed by atoms with van der Waals surface area (Å²) in [5.74, 6) is -0.672. The maximum atomic E-state index is 10.6. The molecule has 0 rings (SSSR count). The SMILES string of the molecule is CCC(N)C(O)C(=O)OC. The molecule has 0 aromatic rings. The van der Waals surface area contributed by atoms with Crippen LogP contribution in [0.4, 0.5) is 0 Å². The lowest BCUT2D eigenvalue weighted by Gasteiger charge is -2.13. The first kappa shape index (κ1) is 9.39. The number of hydrogen-bond donors (Lipinski definition) is 2. The van der Waals surface area contributed by atoms with Gasteiger partial charge in [-0.1, -0.05) is 6.92 Å². The Bertz CT molecular complexity index is 116. The molecule has 0 aromatic carbocycles. The normalized spacial score (nSPS) is 16.0. The van der Waals surface area contributed by atoms with Gasteiger partial charge in [0.05, 0.1) is 7.11 Å². The Morgan fingerprint density at radius 3 is 2.60 bits per heavy atom. The van der Waals surface area contributed by atoms with Gasteiger partial charge in [0.2, 0.25) is 0 Å². The summed E-state index contributed by atoms with van der Waals surface area (Å²) in [6, 6.07) is -0.521. The number of methoxy groups -OCH3 is 1. The minimum Gasteiger partial charge on any atom is -0.467 e. The van der Waals surface area contributed by atoms with Crippen molar-refractivity contribution < 1.29 is 14.6 Å². The summed E-state index contributed by atoms with van der Waals surface area (Å²) in [6.07, 6.45) is -0.633. The van der Waals surface area contributed by atoms with Gasteiger partial charge in [0.25, 0.3) is 0 Å². The second-order valence-electron chi connectivity index (χ2n) is 2.04. The predicted octanol–water partition coefficient (Wildman–Crippen LogP) is -0.742. The number of rotatable bonds is 3. The van der Waals surface area contributed by atoms with Crippen molar-refractivity contribution in [2.45, 2.75) is 25.5 Å². The Balaban J connectivity index is 3.81. The molecule has 0 spiro atoms. The quantitative estimate of drug-likeness (QED) is 0.515. The van der Waals surface area contributed by atoms with Gasteiger partial charge in [0.15, 0.2) is 6.10 Å². The first-order valence-electron chi connectivity index (χ1n) is 3.15. The molecule has 0 aliphatic rings. The summed E-state index contributed by atoms with van der Waals surface area (Å²) >= 11 is 0. The number of hydrogen-bond acceptors (Lipinski definition) is 4.